The zero-order valence-corrected chi connectivity index (χ0v) is 10.0. The molecule has 1 aromatic heterocycles. The molecule has 2 rings (SSSR count). The fourth-order valence-corrected chi connectivity index (χ4v) is 2.15. The number of hydrogen-bond acceptors (Lipinski definition) is 4. The van der Waals surface area contributed by atoms with Gasteiger partial charge < -0.3 is 15.6 Å². The van der Waals surface area contributed by atoms with Gasteiger partial charge in [-0.25, -0.2) is 4.98 Å². The van der Waals surface area contributed by atoms with E-state index >= 15 is 0 Å². The number of aromatic amines is 1. The molecular formula is C9H13BrN4O. The largest absolute Gasteiger partial charge is 0.352 e. The molecule has 1 aliphatic rings. The first-order chi connectivity index (χ1) is 7.06. The predicted octanol–water partition coefficient (Wildman–Crippen LogP) is 0.460. The summed E-state index contributed by atoms with van der Waals surface area (Å²) in [5, 5.41) is 0. The molecule has 0 saturated carbocycles. The molecule has 0 spiro atoms. The van der Waals surface area contributed by atoms with Gasteiger partial charge in [0.25, 0.3) is 5.56 Å². The van der Waals surface area contributed by atoms with Crippen molar-refractivity contribution in [3.05, 3.63) is 21.2 Å². The monoisotopic (exact) mass is 272 g/mol. The van der Waals surface area contributed by atoms with Crippen LogP contribution < -0.4 is 16.2 Å². The lowest BCUT2D eigenvalue weighted by molar-refractivity contribution is 0.319. The van der Waals surface area contributed by atoms with Gasteiger partial charge in [-0.1, -0.05) is 6.92 Å². The number of aromatic nitrogens is 2. The SMILES string of the molecule is CCC1(N)CN(c2nc[nH]c(=O)c2Br)C1. The Morgan fingerprint density at radius 3 is 3.00 bits per heavy atom. The zero-order valence-electron chi connectivity index (χ0n) is 8.46. The molecule has 15 heavy (non-hydrogen) atoms. The molecule has 2 heterocycles. The zero-order chi connectivity index (χ0) is 11.1. The van der Waals surface area contributed by atoms with Gasteiger partial charge in [0, 0.05) is 13.1 Å². The topological polar surface area (TPSA) is 75.0 Å². The smallest absolute Gasteiger partial charge is 0.267 e. The first-order valence-corrected chi connectivity index (χ1v) is 5.62. The molecule has 0 aliphatic carbocycles. The van der Waals surface area contributed by atoms with Crippen LogP contribution in [0.1, 0.15) is 13.3 Å². The Morgan fingerprint density at radius 2 is 2.40 bits per heavy atom. The van der Waals surface area contributed by atoms with Gasteiger partial charge in [-0.05, 0) is 22.4 Å². The van der Waals surface area contributed by atoms with E-state index in [2.05, 4.69) is 32.8 Å². The number of nitrogens with zero attached hydrogens (tertiary/aromatic N) is 2. The molecule has 0 bridgehead atoms. The molecular weight excluding hydrogens is 260 g/mol. The maximum Gasteiger partial charge on any atom is 0.267 e. The van der Waals surface area contributed by atoms with Crippen molar-refractivity contribution in [2.45, 2.75) is 18.9 Å². The molecule has 1 saturated heterocycles. The molecule has 5 nitrogen and oxygen atoms in total. The number of halogens is 1. The summed E-state index contributed by atoms with van der Waals surface area (Å²) in [6.45, 7) is 3.56. The van der Waals surface area contributed by atoms with Crippen molar-refractivity contribution in [3.8, 4) is 0 Å². The van der Waals surface area contributed by atoms with Gasteiger partial charge in [-0.15, -0.1) is 0 Å². The first kappa shape index (κ1) is 10.6. The molecule has 0 aromatic carbocycles. The molecule has 3 N–H and O–H groups in total. The van der Waals surface area contributed by atoms with Gasteiger partial charge in [-0.3, -0.25) is 4.79 Å². The Kier molecular flexibility index (Phi) is 2.56. The Hall–Kier alpha value is -0.880. The van der Waals surface area contributed by atoms with Crippen LogP contribution in [0.3, 0.4) is 0 Å². The molecule has 0 amide bonds. The van der Waals surface area contributed by atoms with Crippen molar-refractivity contribution < 1.29 is 0 Å². The first-order valence-electron chi connectivity index (χ1n) is 4.83. The van der Waals surface area contributed by atoms with Gasteiger partial charge in [0.2, 0.25) is 0 Å². The van der Waals surface area contributed by atoms with Crippen LogP contribution in [0.25, 0.3) is 0 Å². The summed E-state index contributed by atoms with van der Waals surface area (Å²) in [5.74, 6) is 0.674. The number of anilines is 1. The van der Waals surface area contributed by atoms with E-state index in [1.807, 2.05) is 4.90 Å². The molecule has 0 unspecified atom stereocenters. The van der Waals surface area contributed by atoms with E-state index in [-0.39, 0.29) is 11.1 Å². The maximum atomic E-state index is 11.3. The van der Waals surface area contributed by atoms with Crippen LogP contribution in [0.15, 0.2) is 15.6 Å². The molecule has 0 atom stereocenters. The van der Waals surface area contributed by atoms with E-state index in [1.165, 1.54) is 6.33 Å². The second-order valence-corrected chi connectivity index (χ2v) is 4.73. The molecule has 1 aliphatic heterocycles. The quantitative estimate of drug-likeness (QED) is 0.821. The van der Waals surface area contributed by atoms with E-state index in [1.54, 1.807) is 0 Å². The lowest BCUT2D eigenvalue weighted by Gasteiger charge is -2.48. The summed E-state index contributed by atoms with van der Waals surface area (Å²) in [5.41, 5.74) is 5.76. The number of nitrogens with one attached hydrogen (secondary N) is 1. The highest BCUT2D eigenvalue weighted by Gasteiger charge is 2.39. The van der Waals surface area contributed by atoms with Crippen molar-refractivity contribution in [1.29, 1.82) is 0 Å². The van der Waals surface area contributed by atoms with Crippen LogP contribution in [0.5, 0.6) is 0 Å². The minimum Gasteiger partial charge on any atom is -0.352 e. The number of hydrogen-bond donors (Lipinski definition) is 2. The molecule has 82 valence electrons. The fourth-order valence-electron chi connectivity index (χ4n) is 1.68. The minimum absolute atomic E-state index is 0.121. The second kappa shape index (κ2) is 3.61. The summed E-state index contributed by atoms with van der Waals surface area (Å²) < 4.78 is 0.475. The minimum atomic E-state index is -0.161. The second-order valence-electron chi connectivity index (χ2n) is 3.94. The van der Waals surface area contributed by atoms with Crippen LogP contribution in [0.4, 0.5) is 5.82 Å². The van der Waals surface area contributed by atoms with Crippen LogP contribution in [0.2, 0.25) is 0 Å². The number of nitrogens with two attached hydrogens (primary N) is 1. The van der Waals surface area contributed by atoms with E-state index in [4.69, 9.17) is 5.73 Å². The lowest BCUT2D eigenvalue weighted by atomic mass is 9.88. The van der Waals surface area contributed by atoms with Gasteiger partial charge in [0.05, 0.1) is 11.9 Å². The van der Waals surface area contributed by atoms with E-state index in [0.29, 0.717) is 10.3 Å². The van der Waals surface area contributed by atoms with E-state index in [0.717, 1.165) is 19.5 Å². The standard InChI is InChI=1S/C9H13BrN4O/c1-2-9(11)3-14(4-9)7-6(10)8(15)13-5-12-7/h5H,2-4,11H2,1H3,(H,12,13,15). The average Bonchev–Trinajstić information content (AvgIpc) is 2.18. The summed E-state index contributed by atoms with van der Waals surface area (Å²) >= 11 is 3.23. The van der Waals surface area contributed by atoms with Crippen LogP contribution in [0, 0.1) is 0 Å². The van der Waals surface area contributed by atoms with Crippen molar-refractivity contribution >= 4 is 21.7 Å². The summed E-state index contributed by atoms with van der Waals surface area (Å²) in [6.07, 6.45) is 2.34. The van der Waals surface area contributed by atoms with Gasteiger partial charge >= 0.3 is 0 Å². The van der Waals surface area contributed by atoms with Gasteiger partial charge in [0.15, 0.2) is 0 Å². The third kappa shape index (κ3) is 1.79. The normalized spacial score (nSPS) is 18.7. The Bertz CT molecular complexity index is 424. The molecule has 6 heteroatoms. The molecule has 0 radical (unpaired) electrons. The third-order valence-electron chi connectivity index (χ3n) is 2.79. The molecule has 1 fully saturated rings. The predicted molar refractivity (Wildman–Crippen MR) is 62.0 cm³/mol. The molecule has 1 aromatic rings. The summed E-state index contributed by atoms with van der Waals surface area (Å²) in [7, 11) is 0. The lowest BCUT2D eigenvalue weighted by Crippen LogP contribution is -2.67. The Morgan fingerprint density at radius 1 is 1.73 bits per heavy atom. The highest BCUT2D eigenvalue weighted by molar-refractivity contribution is 9.10. The van der Waals surface area contributed by atoms with Crippen molar-refractivity contribution in [2.24, 2.45) is 5.73 Å². The van der Waals surface area contributed by atoms with E-state index < -0.39 is 0 Å². The Labute approximate surface area is 95.8 Å². The highest BCUT2D eigenvalue weighted by Crippen LogP contribution is 2.29. The fraction of sp³-hybridized carbons (Fsp3) is 0.556. The number of rotatable bonds is 2. The summed E-state index contributed by atoms with van der Waals surface area (Å²) in [6, 6.07) is 0. The van der Waals surface area contributed by atoms with Crippen molar-refractivity contribution in [1.82, 2.24) is 9.97 Å². The number of H-pyrrole nitrogens is 1. The summed E-state index contributed by atoms with van der Waals surface area (Å²) in [4.78, 5) is 20.0. The van der Waals surface area contributed by atoms with Crippen LogP contribution in [-0.4, -0.2) is 28.6 Å². The maximum absolute atomic E-state index is 11.3. The average molecular weight is 273 g/mol. The van der Waals surface area contributed by atoms with Crippen molar-refractivity contribution in [3.63, 3.8) is 0 Å². The van der Waals surface area contributed by atoms with E-state index in [9.17, 15) is 4.79 Å². The third-order valence-corrected chi connectivity index (χ3v) is 3.51. The van der Waals surface area contributed by atoms with Crippen molar-refractivity contribution in [2.75, 3.05) is 18.0 Å². The van der Waals surface area contributed by atoms with Crippen LogP contribution >= 0.6 is 15.9 Å². The van der Waals surface area contributed by atoms with Gasteiger partial charge in [0.1, 0.15) is 10.3 Å². The highest BCUT2D eigenvalue weighted by atomic mass is 79.9. The van der Waals surface area contributed by atoms with Gasteiger partial charge in [-0.2, -0.15) is 0 Å². The van der Waals surface area contributed by atoms with Crippen LogP contribution in [-0.2, 0) is 0 Å². The Balaban J connectivity index is 2.20.